The van der Waals surface area contributed by atoms with Crippen LogP contribution in [0.5, 0.6) is 11.5 Å². The molecule has 0 spiro atoms. The first-order valence-corrected chi connectivity index (χ1v) is 8.01. The van der Waals surface area contributed by atoms with Crippen LogP contribution < -0.4 is 4.74 Å². The average Bonchev–Trinajstić information content (AvgIpc) is 2.45. The van der Waals surface area contributed by atoms with E-state index in [2.05, 4.69) is 0 Å². The van der Waals surface area contributed by atoms with Crippen molar-refractivity contribution in [2.75, 3.05) is 7.11 Å². The quantitative estimate of drug-likeness (QED) is 0.860. The highest BCUT2D eigenvalue weighted by atomic mass is 16.5. The lowest BCUT2D eigenvalue weighted by Crippen LogP contribution is -2.50. The van der Waals surface area contributed by atoms with Crippen LogP contribution in [0.4, 0.5) is 0 Å². The Morgan fingerprint density at radius 1 is 1.14 bits per heavy atom. The fourth-order valence-electron chi connectivity index (χ4n) is 5.50. The molecule has 1 aromatic rings. The molecule has 4 aliphatic carbocycles. The number of carbonyl (C=O) groups excluding carboxylic acids is 1. The number of benzene rings is 1. The zero-order valence-electron chi connectivity index (χ0n) is 12.5. The Morgan fingerprint density at radius 3 is 2.19 bits per heavy atom. The van der Waals surface area contributed by atoms with Crippen LogP contribution in [0.15, 0.2) is 18.2 Å². The first-order chi connectivity index (χ1) is 10.1. The summed E-state index contributed by atoms with van der Waals surface area (Å²) in [5, 5.41) is 10.2. The molecule has 3 nitrogen and oxygen atoms in total. The molecule has 0 saturated heterocycles. The normalized spacial score (nSPS) is 36.7. The van der Waals surface area contributed by atoms with E-state index >= 15 is 0 Å². The monoisotopic (exact) mass is 286 g/mol. The second kappa shape index (κ2) is 4.49. The van der Waals surface area contributed by atoms with Crippen LogP contribution in [-0.2, 0) is 0 Å². The molecule has 1 N–H and O–H groups in total. The van der Waals surface area contributed by atoms with Crippen molar-refractivity contribution in [3.8, 4) is 11.5 Å². The van der Waals surface area contributed by atoms with Gasteiger partial charge in [0.25, 0.3) is 0 Å². The Bertz CT molecular complexity index is 555. The molecule has 0 heterocycles. The molecule has 0 aromatic heterocycles. The largest absolute Gasteiger partial charge is 0.507 e. The Labute approximate surface area is 125 Å². The molecule has 1 aromatic carbocycles. The van der Waals surface area contributed by atoms with Crippen LogP contribution in [0.3, 0.4) is 0 Å². The summed E-state index contributed by atoms with van der Waals surface area (Å²) in [5.41, 5.74) is 0.290. The molecule has 5 rings (SSSR count). The molecule has 4 saturated carbocycles. The minimum absolute atomic E-state index is 0.0649. The Balaban J connectivity index is 1.68. The number of ether oxygens (including phenoxy) is 1. The number of phenols is 1. The zero-order chi connectivity index (χ0) is 14.6. The second-order valence-corrected chi connectivity index (χ2v) is 7.41. The molecule has 112 valence electrons. The van der Waals surface area contributed by atoms with Gasteiger partial charge in [-0.3, -0.25) is 4.79 Å². The topological polar surface area (TPSA) is 46.5 Å². The maximum absolute atomic E-state index is 13.1. The van der Waals surface area contributed by atoms with Gasteiger partial charge in [0, 0.05) is 11.5 Å². The zero-order valence-corrected chi connectivity index (χ0v) is 12.5. The molecule has 0 amide bonds. The second-order valence-electron chi connectivity index (χ2n) is 7.41. The molecule has 0 radical (unpaired) electrons. The van der Waals surface area contributed by atoms with Gasteiger partial charge in [0.15, 0.2) is 5.78 Å². The standard InChI is InChI=1S/C18H22O3/c1-21-14-2-3-15(16(19)7-14)17(20)18-8-11-4-12(9-18)6-13(5-11)10-18/h2-3,7,11-13,19H,4-6,8-10H2,1H3. The van der Waals surface area contributed by atoms with Crippen molar-refractivity contribution >= 4 is 5.78 Å². The summed E-state index contributed by atoms with van der Waals surface area (Å²) in [4.78, 5) is 13.1. The Morgan fingerprint density at radius 2 is 1.71 bits per heavy atom. The van der Waals surface area contributed by atoms with Crippen molar-refractivity contribution in [3.63, 3.8) is 0 Å². The maximum atomic E-state index is 13.1. The van der Waals surface area contributed by atoms with Crippen molar-refractivity contribution in [2.45, 2.75) is 38.5 Å². The lowest BCUT2D eigenvalue weighted by molar-refractivity contribution is -0.0354. The third-order valence-corrected chi connectivity index (χ3v) is 5.97. The van der Waals surface area contributed by atoms with Gasteiger partial charge in [-0.2, -0.15) is 0 Å². The van der Waals surface area contributed by atoms with E-state index in [1.165, 1.54) is 19.3 Å². The van der Waals surface area contributed by atoms with E-state index in [0.717, 1.165) is 37.0 Å². The summed E-state index contributed by atoms with van der Waals surface area (Å²) >= 11 is 0. The van der Waals surface area contributed by atoms with Gasteiger partial charge in [-0.15, -0.1) is 0 Å². The summed E-state index contributed by atoms with van der Waals surface area (Å²) in [6.45, 7) is 0. The van der Waals surface area contributed by atoms with E-state index in [1.807, 2.05) is 0 Å². The number of methoxy groups -OCH3 is 1. The minimum atomic E-state index is -0.194. The van der Waals surface area contributed by atoms with Gasteiger partial charge in [-0.05, 0) is 68.4 Å². The first-order valence-electron chi connectivity index (χ1n) is 8.01. The summed E-state index contributed by atoms with van der Waals surface area (Å²) in [5.74, 6) is 3.04. The van der Waals surface area contributed by atoms with E-state index in [1.54, 1.807) is 25.3 Å². The van der Waals surface area contributed by atoms with Gasteiger partial charge in [-0.25, -0.2) is 0 Å². The SMILES string of the molecule is COc1ccc(C(=O)C23CC4CC(CC(C4)C2)C3)c(O)c1. The number of Topliss-reactive ketones (excluding diaryl/α,β-unsaturated/α-hetero) is 1. The van der Waals surface area contributed by atoms with Gasteiger partial charge in [0.2, 0.25) is 0 Å². The van der Waals surface area contributed by atoms with Crippen molar-refractivity contribution in [2.24, 2.45) is 23.2 Å². The first kappa shape index (κ1) is 13.2. The molecular formula is C18H22O3. The number of hydrogen-bond donors (Lipinski definition) is 1. The number of rotatable bonds is 3. The van der Waals surface area contributed by atoms with Gasteiger partial charge < -0.3 is 9.84 Å². The Kier molecular flexibility index (Phi) is 2.82. The summed E-state index contributed by atoms with van der Waals surface area (Å²) in [7, 11) is 1.56. The predicted octanol–water partition coefficient (Wildman–Crippen LogP) is 3.80. The number of ketones is 1. The lowest BCUT2D eigenvalue weighted by atomic mass is 9.48. The highest BCUT2D eigenvalue weighted by Gasteiger charge is 2.54. The number of carbonyl (C=O) groups is 1. The number of aromatic hydroxyl groups is 1. The lowest BCUT2D eigenvalue weighted by Gasteiger charge is -2.56. The molecule has 0 aliphatic heterocycles. The van der Waals surface area contributed by atoms with Crippen LogP contribution in [0, 0.1) is 23.2 Å². The fraction of sp³-hybridized carbons (Fsp3) is 0.611. The van der Waals surface area contributed by atoms with Crippen LogP contribution in [0.25, 0.3) is 0 Å². The van der Waals surface area contributed by atoms with Crippen LogP contribution in [0.1, 0.15) is 48.9 Å². The summed E-state index contributed by atoms with van der Waals surface area (Å²) < 4.78 is 5.11. The van der Waals surface area contributed by atoms with Crippen molar-refractivity contribution in [1.29, 1.82) is 0 Å². The maximum Gasteiger partial charge on any atom is 0.172 e. The summed E-state index contributed by atoms with van der Waals surface area (Å²) in [6, 6.07) is 5.05. The van der Waals surface area contributed by atoms with Gasteiger partial charge in [0.05, 0.1) is 12.7 Å². The van der Waals surface area contributed by atoms with Crippen LogP contribution in [-0.4, -0.2) is 18.0 Å². The van der Waals surface area contributed by atoms with Gasteiger partial charge >= 0.3 is 0 Å². The van der Waals surface area contributed by atoms with Crippen molar-refractivity contribution in [3.05, 3.63) is 23.8 Å². The average molecular weight is 286 g/mol. The molecular weight excluding hydrogens is 264 g/mol. The van der Waals surface area contributed by atoms with Crippen LogP contribution >= 0.6 is 0 Å². The fourth-order valence-corrected chi connectivity index (χ4v) is 5.50. The van der Waals surface area contributed by atoms with E-state index in [-0.39, 0.29) is 16.9 Å². The number of phenolic OH excluding ortho intramolecular Hbond substituents is 1. The van der Waals surface area contributed by atoms with Gasteiger partial charge in [0.1, 0.15) is 11.5 Å². The smallest absolute Gasteiger partial charge is 0.172 e. The van der Waals surface area contributed by atoms with E-state index < -0.39 is 0 Å². The molecule has 0 atom stereocenters. The molecule has 4 bridgehead atoms. The third-order valence-electron chi connectivity index (χ3n) is 5.97. The van der Waals surface area contributed by atoms with Crippen molar-refractivity contribution < 1.29 is 14.6 Å². The van der Waals surface area contributed by atoms with E-state index in [9.17, 15) is 9.90 Å². The van der Waals surface area contributed by atoms with E-state index in [0.29, 0.717) is 11.3 Å². The summed E-state index contributed by atoms with van der Waals surface area (Å²) in [6.07, 6.45) is 7.05. The molecule has 4 fully saturated rings. The number of hydrogen-bond acceptors (Lipinski definition) is 3. The predicted molar refractivity (Wildman–Crippen MR) is 79.6 cm³/mol. The molecule has 3 heteroatoms. The minimum Gasteiger partial charge on any atom is -0.507 e. The third kappa shape index (κ3) is 1.97. The van der Waals surface area contributed by atoms with Crippen molar-refractivity contribution in [1.82, 2.24) is 0 Å². The highest BCUT2D eigenvalue weighted by molar-refractivity contribution is 6.03. The Hall–Kier alpha value is -1.51. The highest BCUT2D eigenvalue weighted by Crippen LogP contribution is 2.61. The molecule has 4 aliphatic rings. The molecule has 0 unspecified atom stereocenters. The van der Waals surface area contributed by atoms with E-state index in [4.69, 9.17) is 4.74 Å². The molecule has 21 heavy (non-hydrogen) atoms. The van der Waals surface area contributed by atoms with Gasteiger partial charge in [-0.1, -0.05) is 0 Å². The van der Waals surface area contributed by atoms with Crippen LogP contribution in [0.2, 0.25) is 0 Å².